The lowest BCUT2D eigenvalue weighted by Crippen LogP contribution is -2.17. The normalized spacial score (nSPS) is 17.5. The number of ether oxygens (including phenoxy) is 2. The number of imidazole rings is 1. The van der Waals surface area contributed by atoms with Gasteiger partial charge in [0.2, 0.25) is 0 Å². The summed E-state index contributed by atoms with van der Waals surface area (Å²) in [5, 5.41) is 0. The van der Waals surface area contributed by atoms with Crippen LogP contribution in [0.25, 0.3) is 22.4 Å². The molecule has 136 valence electrons. The minimum absolute atomic E-state index is 0.00225. The zero-order valence-electron chi connectivity index (χ0n) is 14.7. The van der Waals surface area contributed by atoms with Crippen molar-refractivity contribution in [1.29, 1.82) is 0 Å². The Bertz CT molecular complexity index is 873. The Labute approximate surface area is 152 Å². The number of aromatic nitrogens is 4. The van der Waals surface area contributed by atoms with Crippen LogP contribution < -0.4 is 10.5 Å². The van der Waals surface area contributed by atoms with Crippen molar-refractivity contribution in [2.24, 2.45) is 5.73 Å². The lowest BCUT2D eigenvalue weighted by atomic mass is 10.1. The number of nitrogens with two attached hydrogens (primary N) is 1. The van der Waals surface area contributed by atoms with E-state index in [1.54, 1.807) is 12.7 Å². The summed E-state index contributed by atoms with van der Waals surface area (Å²) in [6.45, 7) is 2.00. The van der Waals surface area contributed by atoms with Gasteiger partial charge in [-0.05, 0) is 44.4 Å². The molecule has 1 unspecified atom stereocenters. The fraction of sp³-hybridized carbons (Fsp3) is 0.421. The van der Waals surface area contributed by atoms with E-state index in [-0.39, 0.29) is 6.23 Å². The van der Waals surface area contributed by atoms with Crippen LogP contribution in [0.4, 0.5) is 0 Å². The van der Waals surface area contributed by atoms with E-state index in [0.717, 1.165) is 60.5 Å². The first-order valence-corrected chi connectivity index (χ1v) is 9.09. The third kappa shape index (κ3) is 3.40. The van der Waals surface area contributed by atoms with E-state index in [2.05, 4.69) is 15.0 Å². The summed E-state index contributed by atoms with van der Waals surface area (Å²) < 4.78 is 13.6. The first kappa shape index (κ1) is 16.9. The minimum Gasteiger partial charge on any atom is -0.494 e. The topological polar surface area (TPSA) is 88.1 Å². The van der Waals surface area contributed by atoms with E-state index in [9.17, 15) is 0 Å². The molecule has 2 N–H and O–H groups in total. The fourth-order valence-electron chi connectivity index (χ4n) is 3.22. The van der Waals surface area contributed by atoms with Gasteiger partial charge in [0.1, 0.15) is 29.5 Å². The first-order chi connectivity index (χ1) is 12.9. The summed E-state index contributed by atoms with van der Waals surface area (Å²) in [4.78, 5) is 13.5. The number of rotatable bonds is 6. The maximum absolute atomic E-state index is 5.88. The van der Waals surface area contributed by atoms with Gasteiger partial charge >= 0.3 is 0 Å². The molecule has 1 aliphatic heterocycles. The van der Waals surface area contributed by atoms with Gasteiger partial charge in [-0.25, -0.2) is 15.0 Å². The van der Waals surface area contributed by atoms with Crippen molar-refractivity contribution in [1.82, 2.24) is 19.5 Å². The van der Waals surface area contributed by atoms with Crippen LogP contribution in [-0.2, 0) is 4.74 Å². The van der Waals surface area contributed by atoms with E-state index in [1.165, 1.54) is 0 Å². The summed E-state index contributed by atoms with van der Waals surface area (Å²) in [5.74, 6) is 0.803. The smallest absolute Gasteiger partial charge is 0.165 e. The summed E-state index contributed by atoms with van der Waals surface area (Å²) in [6, 6.07) is 7.89. The van der Waals surface area contributed by atoms with Crippen LogP contribution in [-0.4, -0.2) is 39.3 Å². The molecule has 26 heavy (non-hydrogen) atoms. The third-order valence-electron chi connectivity index (χ3n) is 4.55. The van der Waals surface area contributed by atoms with Crippen LogP contribution in [0.1, 0.15) is 31.9 Å². The zero-order valence-corrected chi connectivity index (χ0v) is 14.7. The van der Waals surface area contributed by atoms with Crippen molar-refractivity contribution in [3.05, 3.63) is 36.9 Å². The molecule has 0 amide bonds. The molecule has 0 saturated carbocycles. The lowest BCUT2D eigenvalue weighted by molar-refractivity contribution is -0.0298. The Morgan fingerprint density at radius 1 is 1.23 bits per heavy atom. The molecule has 2 aromatic heterocycles. The van der Waals surface area contributed by atoms with Gasteiger partial charge in [0.25, 0.3) is 0 Å². The van der Waals surface area contributed by atoms with Crippen LogP contribution in [0.2, 0.25) is 0 Å². The molecule has 0 aliphatic carbocycles. The van der Waals surface area contributed by atoms with E-state index < -0.39 is 0 Å². The Morgan fingerprint density at radius 2 is 2.19 bits per heavy atom. The second-order valence-electron chi connectivity index (χ2n) is 6.39. The van der Waals surface area contributed by atoms with E-state index >= 15 is 0 Å². The van der Waals surface area contributed by atoms with Gasteiger partial charge in [-0.15, -0.1) is 0 Å². The maximum atomic E-state index is 5.88. The number of fused-ring (bicyclic) bond motifs is 1. The predicted molar refractivity (Wildman–Crippen MR) is 98.8 cm³/mol. The molecule has 1 saturated heterocycles. The predicted octanol–water partition coefficient (Wildman–Crippen LogP) is 2.92. The molecule has 3 aromatic rings. The van der Waals surface area contributed by atoms with Gasteiger partial charge in [-0.2, -0.15) is 0 Å². The standard InChI is InChI=1S/C19H23N5O2/c20-8-4-10-25-15-6-3-5-14(11-15)17-18-19(22-12-21-17)24(13-23-18)16-7-1-2-9-26-16/h3,5-6,11-13,16H,1-2,4,7-10,20H2. The Balaban J connectivity index is 1.67. The molecule has 1 fully saturated rings. The van der Waals surface area contributed by atoms with Gasteiger partial charge in [0.15, 0.2) is 5.65 Å². The van der Waals surface area contributed by atoms with Gasteiger partial charge in [0, 0.05) is 12.2 Å². The Hall–Kier alpha value is -2.51. The number of hydrogen-bond donors (Lipinski definition) is 1. The average molecular weight is 353 g/mol. The average Bonchev–Trinajstić information content (AvgIpc) is 3.13. The maximum Gasteiger partial charge on any atom is 0.165 e. The molecule has 0 spiro atoms. The van der Waals surface area contributed by atoms with E-state index in [0.29, 0.717) is 13.2 Å². The highest BCUT2D eigenvalue weighted by Crippen LogP contribution is 2.30. The third-order valence-corrected chi connectivity index (χ3v) is 4.55. The minimum atomic E-state index is 0.00225. The monoisotopic (exact) mass is 353 g/mol. The molecule has 1 aliphatic rings. The molecular weight excluding hydrogens is 330 g/mol. The summed E-state index contributed by atoms with van der Waals surface area (Å²) >= 11 is 0. The number of benzene rings is 1. The molecule has 0 radical (unpaired) electrons. The Kier molecular flexibility index (Phi) is 5.08. The van der Waals surface area contributed by atoms with E-state index in [4.69, 9.17) is 15.2 Å². The highest BCUT2D eigenvalue weighted by atomic mass is 16.5. The number of hydrogen-bond acceptors (Lipinski definition) is 6. The summed E-state index contributed by atoms with van der Waals surface area (Å²) in [5.41, 5.74) is 8.86. The van der Waals surface area contributed by atoms with Crippen LogP contribution in [0.15, 0.2) is 36.9 Å². The molecular formula is C19H23N5O2. The quantitative estimate of drug-likeness (QED) is 0.686. The van der Waals surface area contributed by atoms with E-state index in [1.807, 2.05) is 28.8 Å². The molecule has 0 bridgehead atoms. The van der Waals surface area contributed by atoms with Crippen molar-refractivity contribution in [3.63, 3.8) is 0 Å². The van der Waals surface area contributed by atoms with Crippen LogP contribution in [0.3, 0.4) is 0 Å². The number of nitrogens with zero attached hydrogens (tertiary/aromatic N) is 4. The lowest BCUT2D eigenvalue weighted by Gasteiger charge is -2.23. The molecule has 3 heterocycles. The van der Waals surface area contributed by atoms with Crippen LogP contribution in [0, 0.1) is 0 Å². The highest BCUT2D eigenvalue weighted by Gasteiger charge is 2.20. The van der Waals surface area contributed by atoms with Crippen LogP contribution >= 0.6 is 0 Å². The zero-order chi connectivity index (χ0) is 17.8. The SMILES string of the molecule is NCCCOc1cccc(-c2ncnc3c2ncn3C2CCCCO2)c1. The van der Waals surface area contributed by atoms with Gasteiger partial charge in [-0.3, -0.25) is 4.57 Å². The second kappa shape index (κ2) is 7.80. The van der Waals surface area contributed by atoms with Crippen molar-refractivity contribution in [2.45, 2.75) is 31.9 Å². The summed E-state index contributed by atoms with van der Waals surface area (Å²) in [7, 11) is 0. The van der Waals surface area contributed by atoms with Crippen molar-refractivity contribution in [3.8, 4) is 17.0 Å². The summed E-state index contributed by atoms with van der Waals surface area (Å²) in [6.07, 6.45) is 7.47. The molecule has 1 atom stereocenters. The largest absolute Gasteiger partial charge is 0.494 e. The van der Waals surface area contributed by atoms with Gasteiger partial charge < -0.3 is 15.2 Å². The van der Waals surface area contributed by atoms with Crippen LogP contribution in [0.5, 0.6) is 5.75 Å². The van der Waals surface area contributed by atoms with Gasteiger partial charge in [-0.1, -0.05) is 12.1 Å². The molecule has 7 nitrogen and oxygen atoms in total. The van der Waals surface area contributed by atoms with Gasteiger partial charge in [0.05, 0.1) is 12.9 Å². The molecule has 4 rings (SSSR count). The molecule has 7 heteroatoms. The fourth-order valence-corrected chi connectivity index (χ4v) is 3.22. The first-order valence-electron chi connectivity index (χ1n) is 9.09. The van der Waals surface area contributed by atoms with Crippen molar-refractivity contribution < 1.29 is 9.47 Å². The Morgan fingerprint density at radius 3 is 3.04 bits per heavy atom. The highest BCUT2D eigenvalue weighted by molar-refractivity contribution is 5.87. The molecule has 1 aromatic carbocycles. The van der Waals surface area contributed by atoms with Crippen molar-refractivity contribution >= 4 is 11.2 Å². The van der Waals surface area contributed by atoms with Crippen molar-refractivity contribution in [2.75, 3.05) is 19.8 Å². The second-order valence-corrected chi connectivity index (χ2v) is 6.39.